The second-order valence-corrected chi connectivity index (χ2v) is 11.0. The molecule has 228 valence electrons. The van der Waals surface area contributed by atoms with Gasteiger partial charge in [-0.1, -0.05) is 151 Å². The molecule has 0 fully saturated rings. The highest BCUT2D eigenvalue weighted by atomic mass is 16.3. The Labute approximate surface area is 318 Å². The summed E-state index contributed by atoms with van der Waals surface area (Å²) in [6, 6.07) is -7.70. The van der Waals surface area contributed by atoms with Crippen molar-refractivity contribution in [2.24, 2.45) is 0 Å². The Morgan fingerprint density at radius 1 is 0.367 bits per heavy atom. The van der Waals surface area contributed by atoms with Crippen molar-refractivity contribution >= 4 is 54.3 Å². The van der Waals surface area contributed by atoms with Crippen LogP contribution in [0.25, 0.3) is 98.8 Å². The molecule has 0 saturated heterocycles. The van der Waals surface area contributed by atoms with Crippen LogP contribution in [-0.2, 0) is 0 Å². The Hall–Kier alpha value is -6.44. The molecule has 0 aliphatic heterocycles. The molecule has 1 heterocycles. The van der Waals surface area contributed by atoms with Gasteiger partial charge in [0.1, 0.15) is 11.2 Å². The van der Waals surface area contributed by atoms with Crippen molar-refractivity contribution in [1.82, 2.24) is 0 Å². The second-order valence-electron chi connectivity index (χ2n) is 11.0. The molecule has 0 aliphatic carbocycles. The van der Waals surface area contributed by atoms with Crippen LogP contribution < -0.4 is 0 Å². The largest absolute Gasteiger partial charge is 0.456 e. The highest BCUT2D eigenvalue weighted by Gasteiger charge is 2.17. The fraction of sp³-hybridized carbons (Fsp3) is 0. The molecule has 0 bridgehead atoms. The van der Waals surface area contributed by atoms with Crippen molar-refractivity contribution in [1.29, 1.82) is 0 Å². The summed E-state index contributed by atoms with van der Waals surface area (Å²) < 4.78 is 217. The summed E-state index contributed by atoms with van der Waals surface area (Å²) >= 11 is 0. The van der Waals surface area contributed by atoms with Crippen LogP contribution in [0.4, 0.5) is 0 Å². The molecule has 0 amide bonds. The lowest BCUT2D eigenvalue weighted by Gasteiger charge is -2.18. The zero-order valence-electron chi connectivity index (χ0n) is 48.9. The maximum absolute atomic E-state index is 9.38. The van der Waals surface area contributed by atoms with Gasteiger partial charge < -0.3 is 4.42 Å². The number of fused-ring (bicyclic) bond motifs is 6. The molecule has 0 radical (unpaired) electrons. The molecule has 49 heavy (non-hydrogen) atoms. The van der Waals surface area contributed by atoms with E-state index in [1.807, 2.05) is 0 Å². The van der Waals surface area contributed by atoms with E-state index >= 15 is 0 Å². The molecule has 0 atom stereocenters. The zero-order valence-corrected chi connectivity index (χ0v) is 24.9. The third-order valence-electron chi connectivity index (χ3n) is 8.37. The van der Waals surface area contributed by atoms with Crippen molar-refractivity contribution in [3.05, 3.63) is 181 Å². The number of furan rings is 1. The van der Waals surface area contributed by atoms with Crippen LogP contribution in [0, 0.1) is 0 Å². The minimum atomic E-state index is -0.794. The zero-order chi connectivity index (χ0) is 53.2. The molecule has 1 nitrogen and oxygen atoms in total. The second kappa shape index (κ2) is 11.1. The summed E-state index contributed by atoms with van der Waals surface area (Å²) in [5, 5.41) is -0.984. The lowest BCUT2D eigenvalue weighted by atomic mass is 9.85. The van der Waals surface area contributed by atoms with E-state index in [1.165, 1.54) is 12.1 Å². The first-order chi connectivity index (χ1) is 34.3. The van der Waals surface area contributed by atoms with Gasteiger partial charge in [-0.3, -0.25) is 0 Å². The molecule has 9 aromatic carbocycles. The van der Waals surface area contributed by atoms with Crippen LogP contribution in [-0.4, -0.2) is 0 Å². The fourth-order valence-corrected chi connectivity index (χ4v) is 6.25. The molecule has 0 spiro atoms. The molecule has 1 heteroatoms. The minimum Gasteiger partial charge on any atom is -0.456 e. The Morgan fingerprint density at radius 2 is 0.918 bits per heavy atom. The summed E-state index contributed by atoms with van der Waals surface area (Å²) in [4.78, 5) is 0. The lowest BCUT2D eigenvalue weighted by Crippen LogP contribution is -1.90. The number of hydrogen-bond donors (Lipinski definition) is 0. The smallest absolute Gasteiger partial charge is 0.136 e. The monoisotopic (exact) mass is 646 g/mol. The topological polar surface area (TPSA) is 13.1 Å². The first kappa shape index (κ1) is 12.9. The first-order valence-electron chi connectivity index (χ1n) is 26.9. The molecule has 10 aromatic rings. The predicted molar refractivity (Wildman–Crippen MR) is 208 cm³/mol. The molecule has 0 aliphatic rings. The summed E-state index contributed by atoms with van der Waals surface area (Å²) in [6.07, 6.45) is 0. The summed E-state index contributed by atoms with van der Waals surface area (Å²) in [6.45, 7) is 0. The van der Waals surface area contributed by atoms with Crippen molar-refractivity contribution in [3.63, 3.8) is 0 Å². The summed E-state index contributed by atoms with van der Waals surface area (Å²) in [5.74, 6) is 0. The van der Waals surface area contributed by atoms with Gasteiger partial charge in [0.15, 0.2) is 0 Å². The van der Waals surface area contributed by atoms with Gasteiger partial charge >= 0.3 is 0 Å². The van der Waals surface area contributed by atoms with E-state index in [0.29, 0.717) is 10.8 Å². The first-order valence-corrected chi connectivity index (χ1v) is 14.9. The standard InChI is InChI=1S/C48H30O/c1-3-12-31(13-4-1)38-20-11-21-44-48(38)43-27-26-36(30-45(43)49-44)34-22-23-35-29-37(25-24-33(35)28-34)47-41-18-9-7-16-39(41)46(32-14-5-2-6-15-32)40-17-8-10-19-42(40)47/h1-30H/i1D,2D,3D,4D,5D,6D,7D,8D,9D,10D,11D,12D,13D,14D,15D,16D,17D,18D,19D,20D,21D,26D,27D,30D. The number of hydrogen-bond acceptors (Lipinski definition) is 1. The van der Waals surface area contributed by atoms with Crippen LogP contribution in [0.2, 0.25) is 0 Å². The van der Waals surface area contributed by atoms with Gasteiger partial charge in [0.05, 0.1) is 32.9 Å². The minimum absolute atomic E-state index is 0.0921. The van der Waals surface area contributed by atoms with Gasteiger partial charge in [0.25, 0.3) is 0 Å². The number of benzene rings is 9. The average Bonchev–Trinajstić information content (AvgIpc) is 3.78. The lowest BCUT2D eigenvalue weighted by molar-refractivity contribution is 0.669. The maximum Gasteiger partial charge on any atom is 0.136 e. The van der Waals surface area contributed by atoms with Gasteiger partial charge in [-0.25, -0.2) is 0 Å². The van der Waals surface area contributed by atoms with E-state index in [2.05, 4.69) is 0 Å². The molecule has 0 N–H and O–H groups in total. The van der Waals surface area contributed by atoms with E-state index in [1.54, 1.807) is 24.3 Å². The van der Waals surface area contributed by atoms with Crippen LogP contribution in [0.3, 0.4) is 0 Å². The van der Waals surface area contributed by atoms with Crippen molar-refractivity contribution < 1.29 is 37.3 Å². The predicted octanol–water partition coefficient (Wildman–Crippen LogP) is 13.7. The van der Waals surface area contributed by atoms with E-state index in [9.17, 15) is 9.60 Å². The Bertz CT molecular complexity index is 4120. The molecular weight excluding hydrogens is 593 g/mol. The third kappa shape index (κ3) is 4.47. The Kier molecular flexibility index (Phi) is 2.91. The fourth-order valence-electron chi connectivity index (χ4n) is 6.25. The van der Waals surface area contributed by atoms with E-state index < -0.39 is 173 Å². The van der Waals surface area contributed by atoms with Crippen molar-refractivity contribution in [2.75, 3.05) is 0 Å². The van der Waals surface area contributed by atoms with E-state index in [-0.39, 0.29) is 60.2 Å². The van der Waals surface area contributed by atoms with E-state index in [4.69, 9.17) is 27.7 Å². The van der Waals surface area contributed by atoms with Gasteiger partial charge in [0.2, 0.25) is 0 Å². The number of rotatable bonds is 4. The summed E-state index contributed by atoms with van der Waals surface area (Å²) in [5.41, 5.74) is -2.52. The Balaban J connectivity index is 1.25. The quantitative estimate of drug-likeness (QED) is 0.173. The average molecular weight is 647 g/mol. The van der Waals surface area contributed by atoms with Gasteiger partial charge in [0, 0.05) is 10.8 Å². The van der Waals surface area contributed by atoms with Gasteiger partial charge in [-0.15, -0.1) is 0 Å². The molecule has 0 saturated carbocycles. The van der Waals surface area contributed by atoms with Crippen LogP contribution in [0.5, 0.6) is 0 Å². The van der Waals surface area contributed by atoms with Crippen molar-refractivity contribution in [3.8, 4) is 44.5 Å². The van der Waals surface area contributed by atoms with Crippen LogP contribution >= 0.6 is 0 Å². The van der Waals surface area contributed by atoms with Crippen molar-refractivity contribution in [2.45, 2.75) is 0 Å². The normalized spacial score (nSPS) is 18.5. The van der Waals surface area contributed by atoms with Crippen LogP contribution in [0.1, 0.15) is 32.9 Å². The molecule has 1 aromatic heterocycles. The third-order valence-corrected chi connectivity index (χ3v) is 8.37. The molecule has 10 rings (SSSR count). The van der Waals surface area contributed by atoms with E-state index in [0.717, 1.165) is 0 Å². The molecular formula is C48H30O. The molecule has 0 unspecified atom stereocenters. The van der Waals surface area contributed by atoms with Gasteiger partial charge in [-0.2, -0.15) is 0 Å². The SMILES string of the molecule is [2H]c1c([2H])c([2H])c(-c2c3c([2H])c([2H])c([2H])c([2H])c3c(-c3ccc4cc(-c5c([2H])c([2H])c6c(oc7c([2H])c([2H])c([2H])c(-c8c([2H])c([2H])c([2H])c([2H])c8[2H])c76)c5[2H])ccc4c3)c3c([2H])c([2H])c([2H])c([2H])c23)c([2H])c1[2H]. The highest BCUT2D eigenvalue weighted by Crippen LogP contribution is 2.44. The van der Waals surface area contributed by atoms with Crippen LogP contribution in [0.15, 0.2) is 186 Å². The highest BCUT2D eigenvalue weighted by molar-refractivity contribution is 6.21. The Morgan fingerprint density at radius 3 is 1.57 bits per heavy atom. The summed E-state index contributed by atoms with van der Waals surface area (Å²) in [7, 11) is 0. The maximum atomic E-state index is 9.38. The van der Waals surface area contributed by atoms with Gasteiger partial charge in [-0.05, 0) is 107 Å².